The van der Waals surface area contributed by atoms with Crippen molar-refractivity contribution in [3.05, 3.63) is 65.2 Å². The van der Waals surface area contributed by atoms with Crippen LogP contribution < -0.4 is 4.74 Å². The summed E-state index contributed by atoms with van der Waals surface area (Å²) in [6.45, 7) is 5.13. The lowest BCUT2D eigenvalue weighted by Crippen LogP contribution is -2.31. The Balaban J connectivity index is 1.60. The Bertz CT molecular complexity index is 809. The molecule has 0 spiro atoms. The Hall–Kier alpha value is -2.66. The molecule has 148 valence electrons. The summed E-state index contributed by atoms with van der Waals surface area (Å²) in [6, 6.07) is 14.2. The van der Waals surface area contributed by atoms with Gasteiger partial charge in [0, 0.05) is 6.54 Å². The van der Waals surface area contributed by atoms with Crippen LogP contribution in [0.15, 0.2) is 48.5 Å². The van der Waals surface area contributed by atoms with Crippen molar-refractivity contribution < 1.29 is 19.4 Å². The first-order valence-electron chi connectivity index (χ1n) is 9.91. The molecule has 0 unspecified atom stereocenters. The van der Waals surface area contributed by atoms with Crippen LogP contribution in [0, 0.1) is 5.92 Å². The number of aliphatic hydroxyl groups excluding tert-OH is 1. The molecular formula is C23H27NO4. The Kier molecular flexibility index (Phi) is 6.47. The van der Waals surface area contributed by atoms with Gasteiger partial charge in [0.15, 0.2) is 0 Å². The van der Waals surface area contributed by atoms with Gasteiger partial charge in [-0.15, -0.1) is 0 Å². The number of rotatable bonds is 9. The third kappa shape index (κ3) is 4.25. The summed E-state index contributed by atoms with van der Waals surface area (Å²) in [5.74, 6) is 0.650. The van der Waals surface area contributed by atoms with Crippen molar-refractivity contribution in [1.82, 2.24) is 4.90 Å². The molecule has 2 amide bonds. The van der Waals surface area contributed by atoms with Crippen LogP contribution in [0.5, 0.6) is 5.75 Å². The van der Waals surface area contributed by atoms with Gasteiger partial charge in [0.1, 0.15) is 5.75 Å². The average molecular weight is 381 g/mol. The molecule has 0 fully saturated rings. The minimum atomic E-state index is -0.777. The highest BCUT2D eigenvalue weighted by Gasteiger charge is 2.35. The second kappa shape index (κ2) is 9.02. The molecule has 1 atom stereocenters. The van der Waals surface area contributed by atoms with Crippen LogP contribution in [0.1, 0.15) is 65.5 Å². The van der Waals surface area contributed by atoms with E-state index in [1.807, 2.05) is 24.3 Å². The molecule has 1 aliphatic heterocycles. The second-order valence-corrected chi connectivity index (χ2v) is 7.18. The summed E-state index contributed by atoms with van der Waals surface area (Å²) in [7, 11) is 0. The van der Waals surface area contributed by atoms with Crippen molar-refractivity contribution >= 4 is 11.8 Å². The van der Waals surface area contributed by atoms with E-state index in [0.717, 1.165) is 24.2 Å². The fraction of sp³-hybridized carbons (Fsp3) is 0.391. The number of benzene rings is 2. The van der Waals surface area contributed by atoms with Gasteiger partial charge < -0.3 is 9.84 Å². The molecule has 2 aromatic carbocycles. The minimum Gasteiger partial charge on any atom is -0.493 e. The molecule has 5 nitrogen and oxygen atoms in total. The van der Waals surface area contributed by atoms with Gasteiger partial charge in [-0.2, -0.15) is 0 Å². The molecule has 0 saturated carbocycles. The Morgan fingerprint density at radius 3 is 2.21 bits per heavy atom. The number of amides is 2. The summed E-state index contributed by atoms with van der Waals surface area (Å²) in [4.78, 5) is 26.0. The van der Waals surface area contributed by atoms with E-state index in [1.165, 1.54) is 4.90 Å². The first kappa shape index (κ1) is 20.1. The molecule has 5 heteroatoms. The number of hydrogen-bond donors (Lipinski definition) is 1. The van der Waals surface area contributed by atoms with E-state index in [-0.39, 0.29) is 24.8 Å². The van der Waals surface area contributed by atoms with Gasteiger partial charge in [-0.25, -0.2) is 0 Å². The van der Waals surface area contributed by atoms with Crippen LogP contribution >= 0.6 is 0 Å². The van der Waals surface area contributed by atoms with Gasteiger partial charge >= 0.3 is 0 Å². The van der Waals surface area contributed by atoms with E-state index in [9.17, 15) is 14.7 Å². The summed E-state index contributed by atoms with van der Waals surface area (Å²) >= 11 is 0. The van der Waals surface area contributed by atoms with Gasteiger partial charge in [0.2, 0.25) is 0 Å². The van der Waals surface area contributed by atoms with Crippen LogP contribution in [-0.4, -0.2) is 35.0 Å². The summed E-state index contributed by atoms with van der Waals surface area (Å²) < 4.78 is 5.87. The molecular weight excluding hydrogens is 354 g/mol. The van der Waals surface area contributed by atoms with E-state index in [1.54, 1.807) is 24.3 Å². The van der Waals surface area contributed by atoms with Crippen molar-refractivity contribution in [2.45, 2.75) is 39.2 Å². The van der Waals surface area contributed by atoms with Crippen molar-refractivity contribution in [3.8, 4) is 5.75 Å². The Morgan fingerprint density at radius 1 is 0.964 bits per heavy atom. The number of ether oxygens (including phenoxy) is 1. The molecule has 0 bridgehead atoms. The summed E-state index contributed by atoms with van der Waals surface area (Å²) in [5, 5.41) is 10.6. The van der Waals surface area contributed by atoms with E-state index in [0.29, 0.717) is 23.7 Å². The van der Waals surface area contributed by atoms with Crippen LogP contribution in [0.4, 0.5) is 0 Å². The monoisotopic (exact) mass is 381 g/mol. The summed E-state index contributed by atoms with van der Waals surface area (Å²) in [6.07, 6.45) is 1.64. The number of imide groups is 1. The SMILES string of the molecule is CCC(CC)COc1cccc([C@H](O)CCN2C(=O)c3ccccc3C2=O)c1. The lowest BCUT2D eigenvalue weighted by atomic mass is 10.0. The van der Waals surface area contributed by atoms with E-state index in [2.05, 4.69) is 13.8 Å². The minimum absolute atomic E-state index is 0.173. The first-order chi connectivity index (χ1) is 13.5. The first-order valence-corrected chi connectivity index (χ1v) is 9.91. The maximum absolute atomic E-state index is 12.4. The number of aliphatic hydroxyl groups is 1. The number of fused-ring (bicyclic) bond motifs is 1. The zero-order valence-corrected chi connectivity index (χ0v) is 16.4. The predicted molar refractivity (Wildman–Crippen MR) is 107 cm³/mol. The molecule has 0 aliphatic carbocycles. The molecule has 28 heavy (non-hydrogen) atoms. The number of carbonyl (C=O) groups excluding carboxylic acids is 2. The number of carbonyl (C=O) groups is 2. The summed E-state index contributed by atoms with van der Waals surface area (Å²) in [5.41, 5.74) is 1.58. The molecule has 0 radical (unpaired) electrons. The molecule has 1 N–H and O–H groups in total. The van der Waals surface area contributed by atoms with E-state index < -0.39 is 6.10 Å². The molecule has 1 heterocycles. The smallest absolute Gasteiger partial charge is 0.261 e. The van der Waals surface area contributed by atoms with Gasteiger partial charge in [-0.1, -0.05) is 51.0 Å². The predicted octanol–water partition coefficient (Wildman–Crippen LogP) is 4.22. The maximum Gasteiger partial charge on any atom is 0.261 e. The molecule has 2 aromatic rings. The third-order valence-corrected chi connectivity index (χ3v) is 5.39. The molecule has 3 rings (SSSR count). The van der Waals surface area contributed by atoms with Crippen molar-refractivity contribution in [2.75, 3.05) is 13.2 Å². The maximum atomic E-state index is 12.4. The molecule has 0 aromatic heterocycles. The van der Waals surface area contributed by atoms with Crippen LogP contribution in [0.25, 0.3) is 0 Å². The van der Waals surface area contributed by atoms with Crippen LogP contribution in [-0.2, 0) is 0 Å². The zero-order chi connectivity index (χ0) is 20.1. The van der Waals surface area contributed by atoms with Crippen molar-refractivity contribution in [1.29, 1.82) is 0 Å². The van der Waals surface area contributed by atoms with Gasteiger partial charge in [-0.3, -0.25) is 14.5 Å². The topological polar surface area (TPSA) is 66.8 Å². The number of hydrogen-bond acceptors (Lipinski definition) is 4. The van der Waals surface area contributed by atoms with E-state index in [4.69, 9.17) is 4.74 Å². The normalized spacial score (nSPS) is 14.5. The Morgan fingerprint density at radius 2 is 1.61 bits per heavy atom. The average Bonchev–Trinajstić information content (AvgIpc) is 2.97. The van der Waals surface area contributed by atoms with Crippen molar-refractivity contribution in [3.63, 3.8) is 0 Å². The fourth-order valence-electron chi connectivity index (χ4n) is 3.41. The van der Waals surface area contributed by atoms with Gasteiger partial charge in [0.25, 0.3) is 11.8 Å². The quantitative estimate of drug-likeness (QED) is 0.661. The third-order valence-electron chi connectivity index (χ3n) is 5.39. The van der Waals surface area contributed by atoms with E-state index >= 15 is 0 Å². The Labute approximate surface area is 165 Å². The second-order valence-electron chi connectivity index (χ2n) is 7.18. The van der Waals surface area contributed by atoms with Gasteiger partial charge in [0.05, 0.1) is 23.8 Å². The zero-order valence-electron chi connectivity index (χ0n) is 16.4. The highest BCUT2D eigenvalue weighted by Crippen LogP contribution is 2.26. The largest absolute Gasteiger partial charge is 0.493 e. The lowest BCUT2D eigenvalue weighted by Gasteiger charge is -2.18. The number of nitrogens with zero attached hydrogens (tertiary/aromatic N) is 1. The van der Waals surface area contributed by atoms with Gasteiger partial charge in [-0.05, 0) is 42.2 Å². The highest BCUT2D eigenvalue weighted by atomic mass is 16.5. The lowest BCUT2D eigenvalue weighted by molar-refractivity contribution is 0.0622. The van der Waals surface area contributed by atoms with Crippen molar-refractivity contribution in [2.24, 2.45) is 5.92 Å². The fourth-order valence-corrected chi connectivity index (χ4v) is 3.41. The standard InChI is InChI=1S/C23H27NO4/c1-3-16(4-2)15-28-18-9-7-8-17(14-18)21(25)12-13-24-22(26)19-10-5-6-11-20(19)23(24)27/h5-11,14,16,21,25H,3-4,12-13,15H2,1-2H3/t21-/m1/s1. The highest BCUT2D eigenvalue weighted by molar-refractivity contribution is 6.21. The molecule has 0 saturated heterocycles. The molecule has 1 aliphatic rings. The van der Waals surface area contributed by atoms with Crippen LogP contribution in [0.3, 0.4) is 0 Å². The van der Waals surface area contributed by atoms with Crippen LogP contribution in [0.2, 0.25) is 0 Å².